The van der Waals surface area contributed by atoms with Gasteiger partial charge in [0, 0.05) is 17.7 Å². The first-order valence-corrected chi connectivity index (χ1v) is 7.41. The van der Waals surface area contributed by atoms with Crippen LogP contribution in [0.1, 0.15) is 11.1 Å². The van der Waals surface area contributed by atoms with E-state index >= 15 is 0 Å². The lowest BCUT2D eigenvalue weighted by molar-refractivity contribution is -0.123. The van der Waals surface area contributed by atoms with Gasteiger partial charge in [0.05, 0.1) is 14.2 Å². The molecule has 0 atom stereocenters. The maximum absolute atomic E-state index is 13.4. The van der Waals surface area contributed by atoms with Crippen molar-refractivity contribution in [1.29, 1.82) is 0 Å². The van der Waals surface area contributed by atoms with Crippen molar-refractivity contribution in [2.45, 2.75) is 13.5 Å². The Bertz CT molecular complexity index is 718. The summed E-state index contributed by atoms with van der Waals surface area (Å²) in [6, 6.07) is 9.58. The first-order chi connectivity index (χ1) is 11.6. The molecule has 0 aliphatic rings. The molecule has 128 valence electrons. The lowest BCUT2D eigenvalue weighted by atomic mass is 10.1. The summed E-state index contributed by atoms with van der Waals surface area (Å²) in [7, 11) is 3.15. The summed E-state index contributed by atoms with van der Waals surface area (Å²) in [5.74, 6) is 0.562. The fourth-order valence-corrected chi connectivity index (χ4v) is 2.32. The van der Waals surface area contributed by atoms with Crippen molar-refractivity contribution >= 4 is 5.91 Å². The van der Waals surface area contributed by atoms with E-state index in [4.69, 9.17) is 14.2 Å². The second-order valence-corrected chi connectivity index (χ2v) is 5.08. The van der Waals surface area contributed by atoms with Crippen LogP contribution in [0.2, 0.25) is 0 Å². The first-order valence-electron chi connectivity index (χ1n) is 7.41. The Balaban J connectivity index is 1.94. The number of carbonyl (C=O) groups is 1. The third kappa shape index (κ3) is 4.16. The van der Waals surface area contributed by atoms with Crippen molar-refractivity contribution in [2.75, 3.05) is 20.8 Å². The maximum atomic E-state index is 13.4. The van der Waals surface area contributed by atoms with Gasteiger partial charge in [-0.05, 0) is 31.2 Å². The van der Waals surface area contributed by atoms with Crippen LogP contribution in [0.3, 0.4) is 0 Å². The molecule has 0 saturated heterocycles. The van der Waals surface area contributed by atoms with Crippen molar-refractivity contribution in [2.24, 2.45) is 0 Å². The number of para-hydroxylation sites is 1. The van der Waals surface area contributed by atoms with Crippen molar-refractivity contribution in [3.8, 4) is 17.2 Å². The van der Waals surface area contributed by atoms with E-state index in [-0.39, 0.29) is 24.8 Å². The summed E-state index contributed by atoms with van der Waals surface area (Å²) in [4.78, 5) is 11.9. The van der Waals surface area contributed by atoms with Gasteiger partial charge in [-0.3, -0.25) is 4.79 Å². The number of rotatable bonds is 7. The van der Waals surface area contributed by atoms with E-state index in [2.05, 4.69) is 5.32 Å². The molecule has 0 aromatic heterocycles. The highest BCUT2D eigenvalue weighted by molar-refractivity contribution is 5.77. The Morgan fingerprint density at radius 3 is 2.50 bits per heavy atom. The van der Waals surface area contributed by atoms with Gasteiger partial charge in [-0.25, -0.2) is 4.39 Å². The molecule has 5 nitrogen and oxygen atoms in total. The quantitative estimate of drug-likeness (QED) is 0.846. The number of ether oxygens (including phenoxy) is 3. The van der Waals surface area contributed by atoms with Gasteiger partial charge < -0.3 is 19.5 Å². The SMILES string of the molecule is COc1ccc(CNC(=O)COc2ccccc2F)c(OC)c1C. The van der Waals surface area contributed by atoms with Crippen LogP contribution in [0, 0.1) is 12.7 Å². The van der Waals surface area contributed by atoms with Crippen molar-refractivity contribution in [1.82, 2.24) is 5.32 Å². The molecule has 0 spiro atoms. The highest BCUT2D eigenvalue weighted by Crippen LogP contribution is 2.31. The standard InChI is InChI=1S/C18H20FNO4/c1-12-15(22-2)9-8-13(18(12)23-3)10-20-17(21)11-24-16-7-5-4-6-14(16)19/h4-9H,10-11H2,1-3H3,(H,20,21). The molecule has 1 N–H and O–H groups in total. The van der Waals surface area contributed by atoms with Gasteiger partial charge in [0.15, 0.2) is 18.2 Å². The fraction of sp³-hybridized carbons (Fsp3) is 0.278. The highest BCUT2D eigenvalue weighted by atomic mass is 19.1. The van der Waals surface area contributed by atoms with E-state index in [0.29, 0.717) is 11.5 Å². The summed E-state index contributed by atoms with van der Waals surface area (Å²) >= 11 is 0. The van der Waals surface area contributed by atoms with Crippen LogP contribution < -0.4 is 19.5 Å². The van der Waals surface area contributed by atoms with E-state index in [1.165, 1.54) is 12.1 Å². The summed E-state index contributed by atoms with van der Waals surface area (Å²) in [6.45, 7) is 1.89. The second-order valence-electron chi connectivity index (χ2n) is 5.08. The van der Waals surface area contributed by atoms with Crippen LogP contribution in [0.4, 0.5) is 4.39 Å². The molecule has 6 heteroatoms. The molecule has 2 rings (SSSR count). The molecule has 2 aromatic carbocycles. The van der Waals surface area contributed by atoms with Gasteiger partial charge in [-0.1, -0.05) is 12.1 Å². The Morgan fingerprint density at radius 2 is 1.83 bits per heavy atom. The molecule has 24 heavy (non-hydrogen) atoms. The molecular formula is C18H20FNO4. The highest BCUT2D eigenvalue weighted by Gasteiger charge is 2.12. The minimum absolute atomic E-state index is 0.0468. The Morgan fingerprint density at radius 1 is 1.08 bits per heavy atom. The molecule has 0 saturated carbocycles. The van der Waals surface area contributed by atoms with Gasteiger partial charge in [0.2, 0.25) is 0 Å². The second kappa shape index (κ2) is 8.19. The number of methoxy groups -OCH3 is 2. The third-order valence-corrected chi connectivity index (χ3v) is 3.53. The molecular weight excluding hydrogens is 313 g/mol. The minimum Gasteiger partial charge on any atom is -0.496 e. The number of amides is 1. The van der Waals surface area contributed by atoms with Gasteiger partial charge in [-0.15, -0.1) is 0 Å². The number of benzene rings is 2. The zero-order valence-corrected chi connectivity index (χ0v) is 13.9. The molecule has 0 aliphatic carbocycles. The molecule has 0 unspecified atom stereocenters. The lowest BCUT2D eigenvalue weighted by Gasteiger charge is -2.15. The van der Waals surface area contributed by atoms with E-state index in [9.17, 15) is 9.18 Å². The Hall–Kier alpha value is -2.76. The smallest absolute Gasteiger partial charge is 0.258 e. The van der Waals surface area contributed by atoms with Crippen molar-refractivity contribution in [3.63, 3.8) is 0 Å². The largest absolute Gasteiger partial charge is 0.496 e. The molecule has 1 amide bonds. The average molecular weight is 333 g/mol. The average Bonchev–Trinajstić information content (AvgIpc) is 2.59. The predicted molar refractivity (Wildman–Crippen MR) is 88.0 cm³/mol. The normalized spacial score (nSPS) is 10.2. The molecule has 0 radical (unpaired) electrons. The summed E-state index contributed by atoms with van der Waals surface area (Å²) < 4.78 is 29.2. The molecule has 0 bridgehead atoms. The van der Waals surface area contributed by atoms with E-state index < -0.39 is 5.82 Å². The molecule has 2 aromatic rings. The van der Waals surface area contributed by atoms with Gasteiger partial charge in [-0.2, -0.15) is 0 Å². The number of halogens is 1. The topological polar surface area (TPSA) is 56.8 Å². The van der Waals surface area contributed by atoms with Crippen LogP contribution in [0.15, 0.2) is 36.4 Å². The number of hydrogen-bond donors (Lipinski definition) is 1. The van der Waals surface area contributed by atoms with Gasteiger partial charge in [0.1, 0.15) is 11.5 Å². The Labute approximate surface area is 140 Å². The number of carbonyl (C=O) groups excluding carboxylic acids is 1. The fourth-order valence-electron chi connectivity index (χ4n) is 2.32. The van der Waals surface area contributed by atoms with Crippen LogP contribution in [-0.2, 0) is 11.3 Å². The van der Waals surface area contributed by atoms with Crippen molar-refractivity contribution < 1.29 is 23.4 Å². The van der Waals surface area contributed by atoms with Crippen LogP contribution >= 0.6 is 0 Å². The van der Waals surface area contributed by atoms with E-state index in [1.807, 2.05) is 19.1 Å². The summed E-state index contributed by atoms with van der Waals surface area (Å²) in [5.41, 5.74) is 1.67. The molecule has 0 heterocycles. The minimum atomic E-state index is -0.502. The number of nitrogens with one attached hydrogen (secondary N) is 1. The van der Waals surface area contributed by atoms with Crippen molar-refractivity contribution in [3.05, 3.63) is 53.3 Å². The lowest BCUT2D eigenvalue weighted by Crippen LogP contribution is -2.28. The Kier molecular flexibility index (Phi) is 6.01. The molecule has 0 aliphatic heterocycles. The van der Waals surface area contributed by atoms with Gasteiger partial charge >= 0.3 is 0 Å². The zero-order valence-electron chi connectivity index (χ0n) is 13.9. The third-order valence-electron chi connectivity index (χ3n) is 3.53. The monoisotopic (exact) mass is 333 g/mol. The number of hydrogen-bond acceptors (Lipinski definition) is 4. The van der Waals surface area contributed by atoms with E-state index in [0.717, 1.165) is 11.1 Å². The first kappa shape index (κ1) is 17.6. The maximum Gasteiger partial charge on any atom is 0.258 e. The summed E-state index contributed by atoms with van der Waals surface area (Å²) in [6.07, 6.45) is 0. The van der Waals surface area contributed by atoms with Crippen LogP contribution in [0.25, 0.3) is 0 Å². The zero-order chi connectivity index (χ0) is 17.5. The van der Waals surface area contributed by atoms with Crippen LogP contribution in [0.5, 0.6) is 17.2 Å². The van der Waals surface area contributed by atoms with E-state index in [1.54, 1.807) is 26.4 Å². The van der Waals surface area contributed by atoms with Gasteiger partial charge in [0.25, 0.3) is 5.91 Å². The predicted octanol–water partition coefficient (Wildman–Crippen LogP) is 2.85. The molecule has 0 fully saturated rings. The summed E-state index contributed by atoms with van der Waals surface area (Å²) in [5, 5.41) is 2.72. The van der Waals surface area contributed by atoms with Crippen LogP contribution in [-0.4, -0.2) is 26.7 Å².